The van der Waals surface area contributed by atoms with Crippen molar-refractivity contribution in [1.29, 1.82) is 0 Å². The van der Waals surface area contributed by atoms with Gasteiger partial charge in [0.1, 0.15) is 0 Å². The van der Waals surface area contributed by atoms with Crippen LogP contribution in [0.1, 0.15) is 5.69 Å². The topological polar surface area (TPSA) is 93.2 Å². The van der Waals surface area contributed by atoms with E-state index < -0.39 is 19.7 Å². The van der Waals surface area contributed by atoms with E-state index in [0.717, 1.165) is 18.2 Å². The molecule has 1 aromatic heterocycles. The van der Waals surface area contributed by atoms with Crippen LogP contribution in [0, 0.1) is 0 Å². The first kappa shape index (κ1) is 17.4. The highest BCUT2D eigenvalue weighted by Crippen LogP contribution is 2.25. The molecule has 0 aliphatic carbocycles. The minimum absolute atomic E-state index is 0.0202. The normalized spacial score (nSPS) is 12.1. The van der Waals surface area contributed by atoms with Crippen LogP contribution in [0.2, 0.25) is 0 Å². The number of hydrogen-bond donors (Lipinski definition) is 1. The van der Waals surface area contributed by atoms with Crippen LogP contribution in [0.5, 0.6) is 0 Å². The van der Waals surface area contributed by atoms with Crippen LogP contribution < -0.4 is 5.32 Å². The third-order valence-electron chi connectivity index (χ3n) is 3.20. The molecule has 0 fully saturated rings. The first-order chi connectivity index (χ1) is 10.7. The molecule has 0 spiro atoms. The van der Waals surface area contributed by atoms with Gasteiger partial charge in [0.25, 0.3) is 0 Å². The van der Waals surface area contributed by atoms with Crippen molar-refractivity contribution in [3.05, 3.63) is 48.3 Å². The van der Waals surface area contributed by atoms with Gasteiger partial charge in [-0.25, -0.2) is 16.8 Å². The van der Waals surface area contributed by atoms with Crippen LogP contribution in [0.3, 0.4) is 0 Å². The Hall–Kier alpha value is -1.93. The van der Waals surface area contributed by atoms with Crippen molar-refractivity contribution in [1.82, 2.24) is 4.98 Å². The number of hydrogen-bond acceptors (Lipinski definition) is 6. The van der Waals surface area contributed by atoms with Crippen molar-refractivity contribution in [3.8, 4) is 0 Å². The van der Waals surface area contributed by atoms with Crippen molar-refractivity contribution in [2.24, 2.45) is 0 Å². The van der Waals surface area contributed by atoms with Crippen LogP contribution in [0.25, 0.3) is 0 Å². The average molecular weight is 354 g/mol. The molecule has 6 nitrogen and oxygen atoms in total. The van der Waals surface area contributed by atoms with Gasteiger partial charge in [0.2, 0.25) is 0 Å². The summed E-state index contributed by atoms with van der Waals surface area (Å²) < 4.78 is 47.0. The summed E-state index contributed by atoms with van der Waals surface area (Å²) >= 11 is 0. The third kappa shape index (κ3) is 4.77. The molecule has 8 heteroatoms. The summed E-state index contributed by atoms with van der Waals surface area (Å²) in [6.07, 6.45) is 4.41. The van der Waals surface area contributed by atoms with Crippen LogP contribution in [-0.4, -0.2) is 40.9 Å². The zero-order valence-electron chi connectivity index (χ0n) is 12.9. The fraction of sp³-hybridized carbons (Fsp3) is 0.267. The Labute approximate surface area is 136 Å². The molecule has 1 aromatic carbocycles. The quantitative estimate of drug-likeness (QED) is 0.846. The molecule has 0 aliphatic heterocycles. The lowest BCUT2D eigenvalue weighted by Crippen LogP contribution is -2.11. The highest BCUT2D eigenvalue weighted by molar-refractivity contribution is 7.91. The molecule has 1 N–H and O–H groups in total. The summed E-state index contributed by atoms with van der Waals surface area (Å²) in [5, 5.41) is 3.03. The highest BCUT2D eigenvalue weighted by Gasteiger charge is 2.17. The molecule has 0 saturated carbocycles. The third-order valence-corrected chi connectivity index (χ3v) is 5.45. The Morgan fingerprint density at radius 1 is 1.00 bits per heavy atom. The fourth-order valence-corrected chi connectivity index (χ4v) is 3.66. The van der Waals surface area contributed by atoms with Gasteiger partial charge in [-0.15, -0.1) is 0 Å². The zero-order valence-corrected chi connectivity index (χ0v) is 14.5. The molecule has 23 heavy (non-hydrogen) atoms. The predicted molar refractivity (Wildman–Crippen MR) is 89.1 cm³/mol. The lowest BCUT2D eigenvalue weighted by molar-refractivity contribution is 0.600. The Morgan fingerprint density at radius 3 is 2.30 bits per heavy atom. The van der Waals surface area contributed by atoms with E-state index in [1.165, 1.54) is 18.2 Å². The Kier molecular flexibility index (Phi) is 5.06. The summed E-state index contributed by atoms with van der Waals surface area (Å²) in [5.74, 6) is 0. The summed E-state index contributed by atoms with van der Waals surface area (Å²) in [6.45, 7) is 0.484. The van der Waals surface area contributed by atoms with Gasteiger partial charge in [0.15, 0.2) is 19.7 Å². The first-order valence-electron chi connectivity index (χ1n) is 6.86. The van der Waals surface area contributed by atoms with Gasteiger partial charge in [-0.2, -0.15) is 0 Å². The second-order valence-corrected chi connectivity index (χ2v) is 9.20. The van der Waals surface area contributed by atoms with E-state index in [9.17, 15) is 16.8 Å². The molecule has 0 amide bonds. The Bertz CT molecular complexity index is 892. The molecule has 1 heterocycles. The smallest absolute Gasteiger partial charge is 0.177 e. The molecule has 0 radical (unpaired) electrons. The van der Waals surface area contributed by atoms with Crippen molar-refractivity contribution < 1.29 is 16.8 Å². The van der Waals surface area contributed by atoms with Gasteiger partial charge >= 0.3 is 0 Å². The lowest BCUT2D eigenvalue weighted by Gasteiger charge is -2.12. The van der Waals surface area contributed by atoms with Gasteiger partial charge in [0.05, 0.1) is 15.5 Å². The number of anilines is 1. The van der Waals surface area contributed by atoms with E-state index in [0.29, 0.717) is 18.7 Å². The average Bonchev–Trinajstić information content (AvgIpc) is 2.46. The Balaban J connectivity index is 2.24. The van der Waals surface area contributed by atoms with Crippen LogP contribution >= 0.6 is 0 Å². The second-order valence-electron chi connectivity index (χ2n) is 5.20. The number of nitrogens with one attached hydrogen (secondary N) is 1. The number of aromatic nitrogens is 1. The van der Waals surface area contributed by atoms with Crippen molar-refractivity contribution in [2.75, 3.05) is 24.4 Å². The van der Waals surface area contributed by atoms with E-state index in [-0.39, 0.29) is 9.79 Å². The van der Waals surface area contributed by atoms with Crippen molar-refractivity contribution in [2.45, 2.75) is 16.2 Å². The van der Waals surface area contributed by atoms with Gasteiger partial charge in [-0.3, -0.25) is 4.98 Å². The van der Waals surface area contributed by atoms with Crippen molar-refractivity contribution >= 4 is 25.4 Å². The number of nitrogens with zero attached hydrogens (tertiary/aromatic N) is 1. The lowest BCUT2D eigenvalue weighted by atomic mass is 10.2. The van der Waals surface area contributed by atoms with Crippen LogP contribution in [0.4, 0.5) is 5.69 Å². The van der Waals surface area contributed by atoms with Crippen LogP contribution in [0.15, 0.2) is 52.4 Å². The zero-order chi connectivity index (χ0) is 17.1. The summed E-state index contributed by atoms with van der Waals surface area (Å²) in [4.78, 5) is 4.14. The van der Waals surface area contributed by atoms with Gasteiger partial charge < -0.3 is 5.32 Å². The molecule has 2 rings (SSSR count). The molecule has 0 atom stereocenters. The number of benzene rings is 1. The maximum absolute atomic E-state index is 11.9. The second kappa shape index (κ2) is 6.67. The summed E-state index contributed by atoms with van der Waals surface area (Å²) in [7, 11) is -7.02. The summed E-state index contributed by atoms with van der Waals surface area (Å²) in [6, 6.07) is 9.64. The van der Waals surface area contributed by atoms with E-state index in [2.05, 4.69) is 10.3 Å². The largest absolute Gasteiger partial charge is 0.384 e. The first-order valence-corrected chi connectivity index (χ1v) is 10.6. The molecule has 0 aliphatic rings. The monoisotopic (exact) mass is 354 g/mol. The maximum atomic E-state index is 11.9. The SMILES string of the molecule is CS(=O)(=O)c1ccc(NCCc2ccccn2)c(S(C)(=O)=O)c1. The summed E-state index contributed by atoms with van der Waals surface area (Å²) in [5.41, 5.74) is 1.27. The van der Waals surface area contributed by atoms with E-state index in [4.69, 9.17) is 0 Å². The molecule has 0 unspecified atom stereocenters. The van der Waals surface area contributed by atoms with E-state index in [1.54, 1.807) is 6.20 Å². The number of pyridine rings is 1. The minimum atomic E-state index is -3.55. The predicted octanol–water partition coefficient (Wildman–Crippen LogP) is 1.54. The van der Waals surface area contributed by atoms with Crippen molar-refractivity contribution in [3.63, 3.8) is 0 Å². The number of sulfone groups is 2. The van der Waals surface area contributed by atoms with Gasteiger partial charge in [-0.05, 0) is 30.3 Å². The van der Waals surface area contributed by atoms with E-state index >= 15 is 0 Å². The molecule has 124 valence electrons. The standard InChI is InChI=1S/C15H18N2O4S2/c1-22(18,19)13-6-7-14(15(11-13)23(2,20)21)17-10-8-12-5-3-4-9-16-12/h3-7,9,11,17H,8,10H2,1-2H3. The van der Waals surface area contributed by atoms with E-state index in [1.807, 2.05) is 18.2 Å². The number of rotatable bonds is 6. The fourth-order valence-electron chi connectivity index (χ4n) is 2.06. The maximum Gasteiger partial charge on any atom is 0.177 e. The molecule has 0 saturated heterocycles. The highest BCUT2D eigenvalue weighted by atomic mass is 32.2. The molecule has 0 bridgehead atoms. The Morgan fingerprint density at radius 2 is 1.74 bits per heavy atom. The van der Waals surface area contributed by atoms with Gasteiger partial charge in [0, 0.05) is 37.4 Å². The van der Waals surface area contributed by atoms with Gasteiger partial charge in [-0.1, -0.05) is 6.07 Å². The van der Waals surface area contributed by atoms with Crippen LogP contribution in [-0.2, 0) is 26.1 Å². The molecule has 2 aromatic rings. The molecular formula is C15H18N2O4S2. The minimum Gasteiger partial charge on any atom is -0.384 e. The molecular weight excluding hydrogens is 336 g/mol.